The first-order chi connectivity index (χ1) is 12.7. The van der Waals surface area contributed by atoms with Crippen LogP contribution in [0.5, 0.6) is 0 Å². The van der Waals surface area contributed by atoms with Gasteiger partial charge in [-0.05, 0) is 51.8 Å². The highest BCUT2D eigenvalue weighted by atomic mass is 16.2. The summed E-state index contributed by atoms with van der Waals surface area (Å²) in [5.41, 5.74) is 3.66. The third kappa shape index (κ3) is 4.20. The molecule has 1 N–H and O–H groups in total. The topological polar surface area (TPSA) is 55.9 Å². The Hall–Kier alpha value is -2.24. The van der Waals surface area contributed by atoms with Crippen molar-refractivity contribution in [2.45, 2.75) is 52.6 Å². The van der Waals surface area contributed by atoms with Gasteiger partial charge in [0.2, 0.25) is 5.91 Å². The Morgan fingerprint density at radius 1 is 1.11 bits per heavy atom. The SMILES string of the molecule is Cc1cccc(N2CCN(C(=O)NC3CC(=O)N(C(C)(C)C)C3)CC2)c1C. The number of piperazine rings is 1. The summed E-state index contributed by atoms with van der Waals surface area (Å²) in [4.78, 5) is 30.9. The fraction of sp³-hybridized carbons (Fsp3) is 0.619. The van der Waals surface area contributed by atoms with Crippen molar-refractivity contribution in [2.75, 3.05) is 37.6 Å². The second-order valence-corrected chi connectivity index (χ2v) is 8.72. The molecule has 0 saturated carbocycles. The van der Waals surface area contributed by atoms with E-state index in [2.05, 4.69) is 42.3 Å². The van der Waals surface area contributed by atoms with Gasteiger partial charge in [0.1, 0.15) is 0 Å². The second-order valence-electron chi connectivity index (χ2n) is 8.72. The fourth-order valence-electron chi connectivity index (χ4n) is 3.95. The summed E-state index contributed by atoms with van der Waals surface area (Å²) in [7, 11) is 0. The van der Waals surface area contributed by atoms with Gasteiger partial charge in [-0.1, -0.05) is 12.1 Å². The van der Waals surface area contributed by atoms with Gasteiger partial charge < -0.3 is 20.0 Å². The number of hydrogen-bond donors (Lipinski definition) is 1. The van der Waals surface area contributed by atoms with E-state index in [1.54, 1.807) is 0 Å². The molecule has 0 bridgehead atoms. The minimum atomic E-state index is -0.201. The summed E-state index contributed by atoms with van der Waals surface area (Å²) < 4.78 is 0. The lowest BCUT2D eigenvalue weighted by molar-refractivity contribution is -0.131. The molecule has 6 nitrogen and oxygen atoms in total. The molecular weight excluding hydrogens is 340 g/mol. The minimum Gasteiger partial charge on any atom is -0.368 e. The van der Waals surface area contributed by atoms with Crippen molar-refractivity contribution in [3.05, 3.63) is 29.3 Å². The molecule has 0 aromatic heterocycles. The van der Waals surface area contributed by atoms with Gasteiger partial charge in [0.05, 0.1) is 6.04 Å². The molecule has 1 aromatic carbocycles. The molecule has 3 rings (SSSR count). The van der Waals surface area contributed by atoms with Crippen LogP contribution in [0.3, 0.4) is 0 Å². The number of aryl methyl sites for hydroxylation is 1. The molecule has 0 aliphatic carbocycles. The standard InChI is InChI=1S/C21H32N4O2/c1-15-7-6-8-18(16(15)2)23-9-11-24(12-10-23)20(27)22-17-13-19(26)25(14-17)21(3,4)5/h6-8,17H,9-14H2,1-5H3,(H,22,27). The van der Waals surface area contributed by atoms with Crippen molar-refractivity contribution in [3.8, 4) is 0 Å². The molecule has 6 heteroatoms. The van der Waals surface area contributed by atoms with E-state index in [9.17, 15) is 9.59 Å². The molecule has 2 fully saturated rings. The first-order valence-corrected chi connectivity index (χ1v) is 9.84. The Kier molecular flexibility index (Phi) is 5.36. The molecule has 2 aliphatic rings. The number of rotatable bonds is 2. The maximum Gasteiger partial charge on any atom is 0.317 e. The van der Waals surface area contributed by atoms with Crippen LogP contribution in [-0.2, 0) is 4.79 Å². The normalized spacial score (nSPS) is 21.0. The highest BCUT2D eigenvalue weighted by molar-refractivity contribution is 5.82. The van der Waals surface area contributed by atoms with Crippen LogP contribution in [0.25, 0.3) is 0 Å². The van der Waals surface area contributed by atoms with Gasteiger partial charge >= 0.3 is 6.03 Å². The highest BCUT2D eigenvalue weighted by Gasteiger charge is 2.37. The van der Waals surface area contributed by atoms with E-state index < -0.39 is 0 Å². The third-order valence-electron chi connectivity index (χ3n) is 5.75. The van der Waals surface area contributed by atoms with Gasteiger partial charge in [-0.3, -0.25) is 4.79 Å². The second kappa shape index (κ2) is 7.41. The average Bonchev–Trinajstić information content (AvgIpc) is 2.98. The molecule has 27 heavy (non-hydrogen) atoms. The van der Waals surface area contributed by atoms with Crippen LogP contribution in [0.2, 0.25) is 0 Å². The number of likely N-dealkylation sites (tertiary alicyclic amines) is 1. The van der Waals surface area contributed by atoms with Crippen molar-refractivity contribution in [2.24, 2.45) is 0 Å². The van der Waals surface area contributed by atoms with Crippen molar-refractivity contribution in [1.29, 1.82) is 0 Å². The average molecular weight is 373 g/mol. The summed E-state index contributed by atoms with van der Waals surface area (Å²) in [6.45, 7) is 14.0. The van der Waals surface area contributed by atoms with Gasteiger partial charge in [0.15, 0.2) is 0 Å². The predicted octanol–water partition coefficient (Wildman–Crippen LogP) is 2.53. The Labute approximate surface area is 162 Å². The van der Waals surface area contributed by atoms with E-state index in [0.29, 0.717) is 26.1 Å². The van der Waals surface area contributed by atoms with Crippen LogP contribution in [0.15, 0.2) is 18.2 Å². The molecule has 1 aromatic rings. The van der Waals surface area contributed by atoms with E-state index in [4.69, 9.17) is 0 Å². The highest BCUT2D eigenvalue weighted by Crippen LogP contribution is 2.24. The zero-order valence-electron chi connectivity index (χ0n) is 17.2. The monoisotopic (exact) mass is 372 g/mol. The summed E-state index contributed by atoms with van der Waals surface area (Å²) in [5, 5.41) is 3.06. The third-order valence-corrected chi connectivity index (χ3v) is 5.75. The van der Waals surface area contributed by atoms with E-state index in [-0.39, 0.29) is 23.5 Å². The molecule has 1 unspecified atom stereocenters. The molecule has 148 valence electrons. The Bertz CT molecular complexity index is 717. The molecule has 2 heterocycles. The fourth-order valence-corrected chi connectivity index (χ4v) is 3.95. The molecular formula is C21H32N4O2. The van der Waals surface area contributed by atoms with Crippen molar-refractivity contribution in [3.63, 3.8) is 0 Å². The van der Waals surface area contributed by atoms with Crippen molar-refractivity contribution < 1.29 is 9.59 Å². The quantitative estimate of drug-likeness (QED) is 0.868. The van der Waals surface area contributed by atoms with E-state index >= 15 is 0 Å². The van der Waals surface area contributed by atoms with Crippen LogP contribution >= 0.6 is 0 Å². The molecule has 0 radical (unpaired) electrons. The number of nitrogens with zero attached hydrogens (tertiary/aromatic N) is 3. The molecule has 0 spiro atoms. The molecule has 2 aliphatic heterocycles. The lowest BCUT2D eigenvalue weighted by atomic mass is 10.1. The number of amides is 3. The number of benzene rings is 1. The predicted molar refractivity (Wildman–Crippen MR) is 108 cm³/mol. The lowest BCUT2D eigenvalue weighted by Gasteiger charge is -2.37. The van der Waals surface area contributed by atoms with E-state index in [1.165, 1.54) is 16.8 Å². The van der Waals surface area contributed by atoms with E-state index in [0.717, 1.165) is 13.1 Å². The summed E-state index contributed by atoms with van der Waals surface area (Å²) in [5.74, 6) is 0.118. The van der Waals surface area contributed by atoms with Crippen LogP contribution in [0.1, 0.15) is 38.3 Å². The number of nitrogens with one attached hydrogen (secondary N) is 1. The zero-order chi connectivity index (χ0) is 19.8. The van der Waals surface area contributed by atoms with Crippen molar-refractivity contribution >= 4 is 17.6 Å². The summed E-state index contributed by atoms with van der Waals surface area (Å²) in [6.07, 6.45) is 0.394. The van der Waals surface area contributed by atoms with Gasteiger partial charge in [-0.15, -0.1) is 0 Å². The number of carbonyl (C=O) groups is 2. The van der Waals surface area contributed by atoms with E-state index in [1.807, 2.05) is 30.6 Å². The zero-order valence-corrected chi connectivity index (χ0v) is 17.2. The van der Waals surface area contributed by atoms with Crippen LogP contribution in [0, 0.1) is 13.8 Å². The largest absolute Gasteiger partial charge is 0.368 e. The maximum absolute atomic E-state index is 12.6. The molecule has 1 atom stereocenters. The lowest BCUT2D eigenvalue weighted by Crippen LogP contribution is -2.54. The van der Waals surface area contributed by atoms with Gasteiger partial charge in [0, 0.05) is 50.4 Å². The minimum absolute atomic E-state index is 0.0517. The van der Waals surface area contributed by atoms with Crippen LogP contribution in [-0.4, -0.2) is 66.0 Å². The number of anilines is 1. The molecule has 2 saturated heterocycles. The van der Waals surface area contributed by atoms with Gasteiger partial charge in [-0.2, -0.15) is 0 Å². The van der Waals surface area contributed by atoms with Crippen LogP contribution in [0.4, 0.5) is 10.5 Å². The Morgan fingerprint density at radius 3 is 2.37 bits per heavy atom. The maximum atomic E-state index is 12.6. The summed E-state index contributed by atoms with van der Waals surface area (Å²) >= 11 is 0. The number of carbonyl (C=O) groups excluding carboxylic acids is 2. The van der Waals surface area contributed by atoms with Crippen molar-refractivity contribution in [1.82, 2.24) is 15.1 Å². The number of urea groups is 1. The molecule has 3 amide bonds. The van der Waals surface area contributed by atoms with Gasteiger partial charge in [-0.25, -0.2) is 4.79 Å². The van der Waals surface area contributed by atoms with Crippen LogP contribution < -0.4 is 10.2 Å². The Balaban J connectivity index is 1.53. The smallest absolute Gasteiger partial charge is 0.317 e. The summed E-state index contributed by atoms with van der Waals surface area (Å²) in [6, 6.07) is 6.23. The first-order valence-electron chi connectivity index (χ1n) is 9.84. The number of hydrogen-bond acceptors (Lipinski definition) is 3. The Morgan fingerprint density at radius 2 is 1.78 bits per heavy atom. The first kappa shape index (κ1) is 19.5. The van der Waals surface area contributed by atoms with Gasteiger partial charge in [0.25, 0.3) is 0 Å².